The van der Waals surface area contributed by atoms with Gasteiger partial charge in [0.2, 0.25) is 5.82 Å². The van der Waals surface area contributed by atoms with Gasteiger partial charge >= 0.3 is 0 Å². The molecule has 3 rings (SSSR count). The molecular formula is C19H22ClN5O2. The number of hydrogen-bond acceptors (Lipinski definition) is 5. The zero-order valence-electron chi connectivity index (χ0n) is 15.8. The Morgan fingerprint density at radius 1 is 1.30 bits per heavy atom. The van der Waals surface area contributed by atoms with Crippen LogP contribution in [0.5, 0.6) is 0 Å². The van der Waals surface area contributed by atoms with E-state index in [-0.39, 0.29) is 18.4 Å². The standard InChI is InChI=1S/C19H22ClN5O2/c1-12-8-17(14(3)25(12)13(2)11-27-4)18(26)10-24-22-19(21-23-24)15-6-5-7-16(20)9-15/h5-9,13H,10-11H2,1-4H3/t13-/m1/s1. The SMILES string of the molecule is COC[C@@H](C)n1c(C)cc(C(=O)Cn2nnc(-c3cccc(Cl)c3)n2)c1C. The lowest BCUT2D eigenvalue weighted by atomic mass is 10.1. The van der Waals surface area contributed by atoms with E-state index in [9.17, 15) is 4.79 Å². The molecule has 0 aliphatic carbocycles. The molecule has 0 aliphatic heterocycles. The van der Waals surface area contributed by atoms with Crippen LogP contribution in [0.25, 0.3) is 11.4 Å². The topological polar surface area (TPSA) is 74.8 Å². The first-order valence-corrected chi connectivity index (χ1v) is 9.02. The molecule has 27 heavy (non-hydrogen) atoms. The number of ether oxygens (including phenoxy) is 1. The van der Waals surface area contributed by atoms with E-state index < -0.39 is 0 Å². The van der Waals surface area contributed by atoms with Crippen molar-refractivity contribution in [2.24, 2.45) is 0 Å². The van der Waals surface area contributed by atoms with Crippen molar-refractivity contribution in [1.82, 2.24) is 24.8 Å². The van der Waals surface area contributed by atoms with E-state index in [0.717, 1.165) is 17.0 Å². The molecule has 0 aliphatic rings. The van der Waals surface area contributed by atoms with Crippen LogP contribution in [0.1, 0.15) is 34.7 Å². The van der Waals surface area contributed by atoms with Gasteiger partial charge in [0.25, 0.3) is 0 Å². The molecule has 142 valence electrons. The number of benzene rings is 1. The van der Waals surface area contributed by atoms with Crippen molar-refractivity contribution in [2.75, 3.05) is 13.7 Å². The van der Waals surface area contributed by atoms with Gasteiger partial charge in [0.15, 0.2) is 5.78 Å². The maximum Gasteiger partial charge on any atom is 0.204 e. The van der Waals surface area contributed by atoms with Crippen LogP contribution in [-0.2, 0) is 11.3 Å². The minimum absolute atomic E-state index is 0.0243. The lowest BCUT2D eigenvalue weighted by Crippen LogP contribution is -2.16. The number of rotatable bonds is 7. The molecule has 0 bridgehead atoms. The third-order valence-electron chi connectivity index (χ3n) is 4.45. The Labute approximate surface area is 162 Å². The van der Waals surface area contributed by atoms with Crippen molar-refractivity contribution in [3.05, 3.63) is 52.3 Å². The number of Topliss-reactive ketones (excluding diaryl/α,β-unsaturated/α-hetero) is 1. The number of carbonyl (C=O) groups excluding carboxylic acids is 1. The first-order chi connectivity index (χ1) is 12.9. The van der Waals surface area contributed by atoms with Crippen LogP contribution in [0.2, 0.25) is 5.02 Å². The van der Waals surface area contributed by atoms with E-state index in [1.807, 2.05) is 32.0 Å². The second-order valence-electron chi connectivity index (χ2n) is 6.54. The molecule has 8 heteroatoms. The fourth-order valence-corrected chi connectivity index (χ4v) is 3.51. The lowest BCUT2D eigenvalue weighted by molar-refractivity contribution is 0.0960. The molecule has 0 amide bonds. The molecular weight excluding hydrogens is 366 g/mol. The van der Waals surface area contributed by atoms with E-state index in [2.05, 4.69) is 26.9 Å². The van der Waals surface area contributed by atoms with Gasteiger partial charge in [-0.25, -0.2) is 0 Å². The molecule has 2 aromatic heterocycles. The summed E-state index contributed by atoms with van der Waals surface area (Å²) < 4.78 is 7.35. The van der Waals surface area contributed by atoms with E-state index in [1.165, 1.54) is 4.80 Å². The van der Waals surface area contributed by atoms with Gasteiger partial charge in [0, 0.05) is 34.6 Å². The number of methoxy groups -OCH3 is 1. The molecule has 1 aromatic carbocycles. The van der Waals surface area contributed by atoms with Crippen molar-refractivity contribution >= 4 is 17.4 Å². The van der Waals surface area contributed by atoms with Gasteiger partial charge in [0.05, 0.1) is 12.6 Å². The monoisotopic (exact) mass is 387 g/mol. The number of aromatic nitrogens is 5. The number of ketones is 1. The lowest BCUT2D eigenvalue weighted by Gasteiger charge is -2.17. The van der Waals surface area contributed by atoms with Crippen molar-refractivity contribution in [3.63, 3.8) is 0 Å². The van der Waals surface area contributed by atoms with Crippen molar-refractivity contribution in [2.45, 2.75) is 33.4 Å². The highest BCUT2D eigenvalue weighted by Gasteiger charge is 2.20. The largest absolute Gasteiger partial charge is 0.383 e. The van der Waals surface area contributed by atoms with Gasteiger partial charge in [-0.15, -0.1) is 10.2 Å². The van der Waals surface area contributed by atoms with Gasteiger partial charge in [-0.05, 0) is 44.2 Å². The fourth-order valence-electron chi connectivity index (χ4n) is 3.32. The summed E-state index contributed by atoms with van der Waals surface area (Å²) >= 11 is 6.00. The van der Waals surface area contributed by atoms with Crippen LogP contribution < -0.4 is 0 Å². The zero-order valence-corrected chi connectivity index (χ0v) is 16.6. The zero-order chi connectivity index (χ0) is 19.6. The van der Waals surface area contributed by atoms with Gasteiger partial charge < -0.3 is 9.30 Å². The van der Waals surface area contributed by atoms with Gasteiger partial charge in [-0.1, -0.05) is 23.7 Å². The summed E-state index contributed by atoms with van der Waals surface area (Å²) in [5.74, 6) is 0.374. The summed E-state index contributed by atoms with van der Waals surface area (Å²) in [6.07, 6.45) is 0. The van der Waals surface area contributed by atoms with Gasteiger partial charge in [-0.2, -0.15) is 4.80 Å². The normalized spacial score (nSPS) is 12.3. The molecule has 0 radical (unpaired) electrons. The average molecular weight is 388 g/mol. The Bertz CT molecular complexity index is 963. The summed E-state index contributed by atoms with van der Waals surface area (Å²) in [6, 6.07) is 9.25. The van der Waals surface area contributed by atoms with Gasteiger partial charge in [-0.3, -0.25) is 4.79 Å². The van der Waals surface area contributed by atoms with Crippen molar-refractivity contribution in [3.8, 4) is 11.4 Å². The van der Waals surface area contributed by atoms with Gasteiger partial charge in [0.1, 0.15) is 6.54 Å². The minimum atomic E-state index is -0.0611. The molecule has 2 heterocycles. The molecule has 1 atom stereocenters. The maximum atomic E-state index is 12.8. The summed E-state index contributed by atoms with van der Waals surface area (Å²) in [7, 11) is 1.67. The fraction of sp³-hybridized carbons (Fsp3) is 0.368. The second-order valence-corrected chi connectivity index (χ2v) is 6.97. The summed E-state index contributed by atoms with van der Waals surface area (Å²) in [4.78, 5) is 14.1. The summed E-state index contributed by atoms with van der Waals surface area (Å²) in [5.41, 5.74) is 3.36. The Hall–Kier alpha value is -2.51. The van der Waals surface area contributed by atoms with Crippen LogP contribution in [0.3, 0.4) is 0 Å². The van der Waals surface area contributed by atoms with Crippen LogP contribution in [-0.4, -0.2) is 44.3 Å². The number of halogens is 1. The second kappa shape index (κ2) is 8.02. The number of aryl methyl sites for hydroxylation is 1. The van der Waals surface area contributed by atoms with Crippen LogP contribution in [0.15, 0.2) is 30.3 Å². The molecule has 3 aromatic rings. The predicted molar refractivity (Wildman–Crippen MR) is 103 cm³/mol. The Kier molecular flexibility index (Phi) is 5.72. The highest BCUT2D eigenvalue weighted by Crippen LogP contribution is 2.22. The molecule has 0 N–H and O–H groups in total. The molecule has 0 fully saturated rings. The molecule has 0 spiro atoms. The molecule has 0 saturated carbocycles. The molecule has 0 unspecified atom stereocenters. The van der Waals surface area contributed by atoms with Crippen LogP contribution in [0, 0.1) is 13.8 Å². The van der Waals surface area contributed by atoms with Crippen molar-refractivity contribution in [1.29, 1.82) is 0 Å². The third kappa shape index (κ3) is 4.09. The smallest absolute Gasteiger partial charge is 0.204 e. The Morgan fingerprint density at radius 2 is 2.07 bits per heavy atom. The Morgan fingerprint density at radius 3 is 2.78 bits per heavy atom. The van der Waals surface area contributed by atoms with Crippen molar-refractivity contribution < 1.29 is 9.53 Å². The number of carbonyl (C=O) groups is 1. The number of tetrazole rings is 1. The summed E-state index contributed by atoms with van der Waals surface area (Å²) in [6.45, 7) is 6.60. The average Bonchev–Trinajstić information content (AvgIpc) is 3.19. The van der Waals surface area contributed by atoms with E-state index in [0.29, 0.717) is 23.0 Å². The highest BCUT2D eigenvalue weighted by atomic mass is 35.5. The maximum absolute atomic E-state index is 12.8. The highest BCUT2D eigenvalue weighted by molar-refractivity contribution is 6.30. The predicted octanol–water partition coefficient (Wildman–Crippen LogP) is 3.50. The third-order valence-corrected chi connectivity index (χ3v) is 4.69. The number of nitrogens with zero attached hydrogens (tertiary/aromatic N) is 5. The van der Waals surface area contributed by atoms with Crippen LogP contribution >= 0.6 is 11.6 Å². The quantitative estimate of drug-likeness (QED) is 0.580. The first kappa shape index (κ1) is 19.3. The van der Waals surface area contributed by atoms with E-state index in [1.54, 1.807) is 19.2 Å². The number of hydrogen-bond donors (Lipinski definition) is 0. The Balaban J connectivity index is 1.80. The van der Waals surface area contributed by atoms with E-state index in [4.69, 9.17) is 16.3 Å². The van der Waals surface area contributed by atoms with E-state index >= 15 is 0 Å². The first-order valence-electron chi connectivity index (χ1n) is 8.65. The molecule has 7 nitrogen and oxygen atoms in total. The molecule has 0 saturated heterocycles. The minimum Gasteiger partial charge on any atom is -0.383 e. The summed E-state index contributed by atoms with van der Waals surface area (Å²) in [5, 5.41) is 12.9. The van der Waals surface area contributed by atoms with Crippen LogP contribution in [0.4, 0.5) is 0 Å².